The standard InChI is InChI=1S/C11H13Cl2F3N4OS/c12-5-8(13)6-22-10-18-17-9(19-1-3-21-4-2-19)20(10)7-11(14,15)16/h5H,1-4,6-7H2/b8-5+. The molecule has 0 N–H and O–H groups in total. The van der Waals surface area contributed by atoms with E-state index in [9.17, 15) is 13.2 Å². The van der Waals surface area contributed by atoms with Gasteiger partial charge < -0.3 is 9.64 Å². The lowest BCUT2D eigenvalue weighted by molar-refractivity contribution is -0.141. The van der Waals surface area contributed by atoms with E-state index in [4.69, 9.17) is 27.9 Å². The smallest absolute Gasteiger partial charge is 0.378 e. The third-order valence-corrected chi connectivity index (χ3v) is 4.58. The minimum Gasteiger partial charge on any atom is -0.378 e. The second-order valence-corrected chi connectivity index (χ2v) is 6.07. The summed E-state index contributed by atoms with van der Waals surface area (Å²) in [6.07, 6.45) is -4.37. The largest absolute Gasteiger partial charge is 0.406 e. The zero-order chi connectivity index (χ0) is 16.2. The van der Waals surface area contributed by atoms with Crippen molar-refractivity contribution in [2.24, 2.45) is 0 Å². The fourth-order valence-corrected chi connectivity index (χ4v) is 2.95. The zero-order valence-electron chi connectivity index (χ0n) is 11.3. The van der Waals surface area contributed by atoms with Crippen LogP contribution in [0.1, 0.15) is 0 Å². The fraction of sp³-hybridized carbons (Fsp3) is 0.636. The number of rotatable bonds is 5. The van der Waals surface area contributed by atoms with Crippen molar-refractivity contribution in [3.05, 3.63) is 10.6 Å². The highest BCUT2D eigenvalue weighted by Gasteiger charge is 2.32. The van der Waals surface area contributed by atoms with Crippen LogP contribution >= 0.6 is 35.0 Å². The number of hydrogen-bond donors (Lipinski definition) is 0. The quantitative estimate of drug-likeness (QED) is 0.738. The zero-order valence-corrected chi connectivity index (χ0v) is 13.6. The van der Waals surface area contributed by atoms with Crippen LogP contribution in [0.2, 0.25) is 0 Å². The summed E-state index contributed by atoms with van der Waals surface area (Å²) in [6, 6.07) is 0. The van der Waals surface area contributed by atoms with Crippen LogP contribution in [-0.2, 0) is 11.3 Å². The molecular formula is C11H13Cl2F3N4OS. The molecule has 0 aromatic carbocycles. The third-order valence-electron chi connectivity index (χ3n) is 2.79. The summed E-state index contributed by atoms with van der Waals surface area (Å²) in [4.78, 5) is 1.73. The molecule has 0 atom stereocenters. The molecule has 124 valence electrons. The van der Waals surface area contributed by atoms with Gasteiger partial charge in [0.05, 0.1) is 13.2 Å². The Labute approximate surface area is 139 Å². The Morgan fingerprint density at radius 3 is 2.59 bits per heavy atom. The molecular weight excluding hydrogens is 364 g/mol. The van der Waals surface area contributed by atoms with Crippen molar-refractivity contribution in [3.63, 3.8) is 0 Å². The van der Waals surface area contributed by atoms with Crippen molar-refractivity contribution in [1.29, 1.82) is 0 Å². The first-order chi connectivity index (χ1) is 10.4. The third kappa shape index (κ3) is 4.94. The lowest BCUT2D eigenvalue weighted by atomic mass is 10.4. The molecule has 22 heavy (non-hydrogen) atoms. The van der Waals surface area contributed by atoms with Crippen LogP contribution in [0, 0.1) is 0 Å². The van der Waals surface area contributed by atoms with E-state index in [-0.39, 0.29) is 16.9 Å². The Hall–Kier alpha value is -0.640. The minimum atomic E-state index is -4.37. The van der Waals surface area contributed by atoms with Crippen LogP contribution in [-0.4, -0.2) is 53.0 Å². The van der Waals surface area contributed by atoms with Gasteiger partial charge in [0.25, 0.3) is 0 Å². The fourth-order valence-electron chi connectivity index (χ4n) is 1.87. The van der Waals surface area contributed by atoms with Crippen molar-refractivity contribution < 1.29 is 17.9 Å². The molecule has 2 heterocycles. The second-order valence-electron chi connectivity index (χ2n) is 4.43. The average molecular weight is 377 g/mol. The summed E-state index contributed by atoms with van der Waals surface area (Å²) in [7, 11) is 0. The van der Waals surface area contributed by atoms with Crippen molar-refractivity contribution in [1.82, 2.24) is 14.8 Å². The molecule has 0 spiro atoms. The summed E-state index contributed by atoms with van der Waals surface area (Å²) < 4.78 is 44.7. The van der Waals surface area contributed by atoms with Gasteiger partial charge in [0.2, 0.25) is 5.95 Å². The van der Waals surface area contributed by atoms with Crippen molar-refractivity contribution in [3.8, 4) is 0 Å². The minimum absolute atomic E-state index is 0.149. The van der Waals surface area contributed by atoms with Crippen LogP contribution in [0.15, 0.2) is 15.7 Å². The highest BCUT2D eigenvalue weighted by molar-refractivity contribution is 7.99. The molecule has 1 aromatic rings. The molecule has 11 heteroatoms. The monoisotopic (exact) mass is 376 g/mol. The van der Waals surface area contributed by atoms with E-state index < -0.39 is 12.7 Å². The van der Waals surface area contributed by atoms with E-state index >= 15 is 0 Å². The molecule has 1 aromatic heterocycles. The van der Waals surface area contributed by atoms with Crippen LogP contribution < -0.4 is 4.90 Å². The van der Waals surface area contributed by atoms with Gasteiger partial charge in [-0.2, -0.15) is 13.2 Å². The van der Waals surface area contributed by atoms with E-state index in [0.717, 1.165) is 16.3 Å². The van der Waals surface area contributed by atoms with Crippen LogP contribution in [0.3, 0.4) is 0 Å². The van der Waals surface area contributed by atoms with Gasteiger partial charge in [-0.25, -0.2) is 0 Å². The maximum Gasteiger partial charge on any atom is 0.406 e. The number of hydrogen-bond acceptors (Lipinski definition) is 5. The van der Waals surface area contributed by atoms with Gasteiger partial charge >= 0.3 is 6.18 Å². The molecule has 1 saturated heterocycles. The number of alkyl halides is 3. The molecule has 0 bridgehead atoms. The van der Waals surface area contributed by atoms with E-state index in [1.54, 1.807) is 4.90 Å². The maximum absolute atomic E-state index is 12.8. The molecule has 0 amide bonds. The van der Waals surface area contributed by atoms with E-state index in [0.29, 0.717) is 31.3 Å². The molecule has 0 radical (unpaired) electrons. The van der Waals surface area contributed by atoms with Crippen LogP contribution in [0.4, 0.5) is 19.1 Å². The van der Waals surface area contributed by atoms with Crippen molar-refractivity contribution in [2.75, 3.05) is 37.0 Å². The number of morpholine rings is 1. The summed E-state index contributed by atoms with van der Waals surface area (Å²) in [5.41, 5.74) is 1.17. The topological polar surface area (TPSA) is 43.2 Å². The van der Waals surface area contributed by atoms with Gasteiger partial charge in [0.1, 0.15) is 6.54 Å². The number of nitrogens with zero attached hydrogens (tertiary/aromatic N) is 4. The number of halogens is 5. The molecule has 0 aliphatic carbocycles. The molecule has 2 rings (SSSR count). The highest BCUT2D eigenvalue weighted by Crippen LogP contribution is 2.29. The Morgan fingerprint density at radius 2 is 2.00 bits per heavy atom. The Morgan fingerprint density at radius 1 is 1.32 bits per heavy atom. The number of ether oxygens (including phenoxy) is 1. The number of thioether (sulfide) groups is 1. The van der Waals surface area contributed by atoms with Gasteiger partial charge in [-0.3, -0.25) is 4.57 Å². The highest BCUT2D eigenvalue weighted by atomic mass is 35.5. The number of anilines is 1. The van der Waals surface area contributed by atoms with Crippen LogP contribution in [0.25, 0.3) is 0 Å². The normalized spacial score (nSPS) is 17.1. The van der Waals surface area contributed by atoms with Gasteiger partial charge in [0, 0.05) is 29.4 Å². The first kappa shape index (κ1) is 17.7. The molecule has 1 aliphatic heterocycles. The van der Waals surface area contributed by atoms with Gasteiger partial charge in [-0.15, -0.1) is 10.2 Å². The summed E-state index contributed by atoms with van der Waals surface area (Å²) in [6.45, 7) is 0.688. The predicted octanol–water partition coefficient (Wildman–Crippen LogP) is 3.09. The average Bonchev–Trinajstić information content (AvgIpc) is 2.86. The van der Waals surface area contributed by atoms with Crippen molar-refractivity contribution >= 4 is 40.9 Å². The maximum atomic E-state index is 12.8. The van der Waals surface area contributed by atoms with E-state index in [2.05, 4.69) is 10.2 Å². The SMILES string of the molecule is FC(F)(F)Cn1c(SC/C(Cl)=C\Cl)nnc1N1CCOCC1. The molecule has 0 saturated carbocycles. The van der Waals surface area contributed by atoms with E-state index in [1.807, 2.05) is 0 Å². The van der Waals surface area contributed by atoms with Gasteiger partial charge in [0.15, 0.2) is 5.16 Å². The Kier molecular flexibility index (Phi) is 6.25. The summed E-state index contributed by atoms with van der Waals surface area (Å²) in [5, 5.41) is 8.21. The molecule has 0 unspecified atom stereocenters. The summed E-state index contributed by atoms with van der Waals surface area (Å²) >= 11 is 12.2. The van der Waals surface area contributed by atoms with Crippen LogP contribution in [0.5, 0.6) is 0 Å². The molecule has 1 fully saturated rings. The van der Waals surface area contributed by atoms with Gasteiger partial charge in [-0.1, -0.05) is 35.0 Å². The number of aromatic nitrogens is 3. The lowest BCUT2D eigenvalue weighted by Crippen LogP contribution is -2.38. The summed E-state index contributed by atoms with van der Waals surface area (Å²) in [5.74, 6) is 0.415. The second kappa shape index (κ2) is 7.76. The van der Waals surface area contributed by atoms with E-state index in [1.165, 1.54) is 5.54 Å². The lowest BCUT2D eigenvalue weighted by Gasteiger charge is -2.28. The Balaban J connectivity index is 2.22. The van der Waals surface area contributed by atoms with Crippen molar-refractivity contribution in [2.45, 2.75) is 17.9 Å². The van der Waals surface area contributed by atoms with Gasteiger partial charge in [-0.05, 0) is 0 Å². The first-order valence-electron chi connectivity index (χ1n) is 6.31. The Bertz CT molecular complexity index is 532. The predicted molar refractivity (Wildman–Crippen MR) is 79.6 cm³/mol. The molecule has 1 aliphatic rings. The first-order valence-corrected chi connectivity index (χ1v) is 8.11. The molecule has 5 nitrogen and oxygen atoms in total.